The molecule has 0 saturated carbocycles. The van der Waals surface area contributed by atoms with Gasteiger partial charge in [0.05, 0.1) is 17.2 Å². The molecule has 0 bridgehead atoms. The Morgan fingerprint density at radius 3 is 2.73 bits per heavy atom. The average Bonchev–Trinajstić information content (AvgIpc) is 2.64. The Kier molecular flexibility index (Phi) is 6.61. The van der Waals surface area contributed by atoms with Gasteiger partial charge in [-0.15, -0.1) is 0 Å². The van der Waals surface area contributed by atoms with Crippen LogP contribution in [0, 0.1) is 17.0 Å². The average molecular weight is 352 g/mol. The van der Waals surface area contributed by atoms with E-state index in [9.17, 15) is 14.9 Å². The maximum atomic E-state index is 11.8. The third kappa shape index (κ3) is 5.86. The number of para-hydroxylation sites is 1. The monoisotopic (exact) mass is 352 g/mol. The summed E-state index contributed by atoms with van der Waals surface area (Å²) in [5.41, 5.74) is 5.69. The summed E-state index contributed by atoms with van der Waals surface area (Å²) in [6.45, 7) is 3.79. The van der Waals surface area contributed by atoms with Crippen LogP contribution in [0.15, 0.2) is 59.7 Å². The zero-order valence-corrected chi connectivity index (χ0v) is 14.6. The van der Waals surface area contributed by atoms with E-state index in [1.165, 1.54) is 12.1 Å². The minimum absolute atomic E-state index is 0.0253. The van der Waals surface area contributed by atoms with Crippen molar-refractivity contribution in [1.29, 1.82) is 0 Å². The second-order valence-electron chi connectivity index (χ2n) is 5.64. The molecule has 0 saturated heterocycles. The third-order valence-electron chi connectivity index (χ3n) is 3.54. The van der Waals surface area contributed by atoms with Crippen LogP contribution in [0.1, 0.15) is 18.1 Å². The number of carbonyl (C=O) groups is 1. The molecule has 2 N–H and O–H groups in total. The van der Waals surface area contributed by atoms with Crippen LogP contribution in [0.5, 0.6) is 0 Å². The van der Waals surface area contributed by atoms with Crippen LogP contribution in [0.4, 0.5) is 11.4 Å². The molecule has 7 nitrogen and oxygen atoms in total. The highest BCUT2D eigenvalue weighted by Crippen LogP contribution is 2.14. The van der Waals surface area contributed by atoms with Gasteiger partial charge in [0.2, 0.25) is 0 Å². The van der Waals surface area contributed by atoms with Crippen molar-refractivity contribution in [3.63, 3.8) is 0 Å². The van der Waals surface area contributed by atoms with Crippen LogP contribution in [0.25, 0.3) is 6.08 Å². The Labute approximate surface area is 151 Å². The number of rotatable bonds is 7. The minimum Gasteiger partial charge on any atom is -0.376 e. The van der Waals surface area contributed by atoms with Gasteiger partial charge in [-0.1, -0.05) is 36.4 Å². The van der Waals surface area contributed by atoms with Gasteiger partial charge in [0.15, 0.2) is 0 Å². The molecule has 0 aliphatic rings. The summed E-state index contributed by atoms with van der Waals surface area (Å²) in [6.07, 6.45) is 3.37. The molecule has 0 aliphatic heterocycles. The van der Waals surface area contributed by atoms with Crippen molar-refractivity contribution in [2.75, 3.05) is 11.9 Å². The van der Waals surface area contributed by atoms with Crippen LogP contribution in [0.2, 0.25) is 0 Å². The highest BCUT2D eigenvalue weighted by atomic mass is 16.6. The van der Waals surface area contributed by atoms with Crippen molar-refractivity contribution < 1.29 is 9.72 Å². The van der Waals surface area contributed by atoms with E-state index in [0.29, 0.717) is 11.3 Å². The molecule has 7 heteroatoms. The third-order valence-corrected chi connectivity index (χ3v) is 3.54. The van der Waals surface area contributed by atoms with E-state index in [1.54, 1.807) is 31.2 Å². The normalized spacial score (nSPS) is 11.4. The number of aryl methyl sites for hydroxylation is 1. The number of hydrogen-bond donors (Lipinski definition) is 2. The predicted octanol–water partition coefficient (Wildman–Crippen LogP) is 3.52. The first kappa shape index (κ1) is 18.9. The van der Waals surface area contributed by atoms with Gasteiger partial charge in [0, 0.05) is 17.8 Å². The Hall–Kier alpha value is -3.48. The number of amides is 1. The molecule has 0 radical (unpaired) electrons. The van der Waals surface area contributed by atoms with Crippen molar-refractivity contribution in [3.8, 4) is 0 Å². The van der Waals surface area contributed by atoms with Crippen molar-refractivity contribution in [3.05, 3.63) is 75.8 Å². The lowest BCUT2D eigenvalue weighted by atomic mass is 10.2. The lowest BCUT2D eigenvalue weighted by Gasteiger charge is -2.08. The highest BCUT2D eigenvalue weighted by Gasteiger charge is 2.04. The molecule has 134 valence electrons. The summed E-state index contributed by atoms with van der Waals surface area (Å²) in [6, 6.07) is 14.0. The van der Waals surface area contributed by atoms with E-state index in [4.69, 9.17) is 0 Å². The van der Waals surface area contributed by atoms with Crippen molar-refractivity contribution in [2.45, 2.75) is 13.8 Å². The minimum atomic E-state index is -0.444. The fraction of sp³-hybridized carbons (Fsp3) is 0.158. The second kappa shape index (κ2) is 9.12. The molecule has 0 unspecified atom stereocenters. The second-order valence-corrected chi connectivity index (χ2v) is 5.64. The molecular weight excluding hydrogens is 332 g/mol. The topological polar surface area (TPSA) is 96.6 Å². The molecule has 2 rings (SSSR count). The zero-order valence-electron chi connectivity index (χ0n) is 14.6. The van der Waals surface area contributed by atoms with Crippen LogP contribution in [0.3, 0.4) is 0 Å². The molecule has 0 aliphatic carbocycles. The summed E-state index contributed by atoms with van der Waals surface area (Å²) in [5.74, 6) is -0.267. The van der Waals surface area contributed by atoms with Crippen molar-refractivity contribution >= 4 is 29.1 Å². The Bertz CT molecular complexity index is 859. The molecule has 0 heterocycles. The Balaban J connectivity index is 1.87. The predicted molar refractivity (Wildman–Crippen MR) is 103 cm³/mol. The molecule has 0 spiro atoms. The van der Waals surface area contributed by atoms with Crippen LogP contribution >= 0.6 is 0 Å². The lowest BCUT2D eigenvalue weighted by molar-refractivity contribution is -0.384. The van der Waals surface area contributed by atoms with Crippen molar-refractivity contribution in [2.24, 2.45) is 5.10 Å². The van der Waals surface area contributed by atoms with Crippen LogP contribution in [-0.4, -0.2) is 23.1 Å². The maximum absolute atomic E-state index is 11.8. The van der Waals surface area contributed by atoms with E-state index >= 15 is 0 Å². The largest absolute Gasteiger partial charge is 0.376 e. The summed E-state index contributed by atoms with van der Waals surface area (Å²) in [4.78, 5) is 22.2. The lowest BCUT2D eigenvalue weighted by Crippen LogP contribution is -2.26. The molecular formula is C19H20N4O3. The summed E-state index contributed by atoms with van der Waals surface area (Å²) in [7, 11) is 0. The molecule has 1 amide bonds. The number of carbonyl (C=O) groups excluding carboxylic acids is 1. The molecule has 0 aromatic heterocycles. The number of allylic oxidation sites excluding steroid dienone is 1. The number of nitrogens with one attached hydrogen (secondary N) is 2. The number of nitrogens with zero attached hydrogens (tertiary/aromatic N) is 2. The van der Waals surface area contributed by atoms with Gasteiger partial charge >= 0.3 is 0 Å². The fourth-order valence-corrected chi connectivity index (χ4v) is 2.13. The number of hydrazone groups is 1. The summed E-state index contributed by atoms with van der Waals surface area (Å²) >= 11 is 0. The molecule has 2 aromatic rings. The number of benzene rings is 2. The Morgan fingerprint density at radius 1 is 1.23 bits per heavy atom. The zero-order chi connectivity index (χ0) is 18.9. The standard InChI is InChI=1S/C19H20N4O3/c1-14-6-3-4-9-18(14)20-13-19(24)22-21-15(2)10-11-16-7-5-8-17(12-16)23(25)26/h3-12,20H,13H2,1-2H3,(H,22,24)/b11-10+,21-15+. The van der Waals surface area contributed by atoms with E-state index in [0.717, 1.165) is 11.3 Å². The summed E-state index contributed by atoms with van der Waals surface area (Å²) < 4.78 is 0. The van der Waals surface area contributed by atoms with Crippen LogP contribution in [-0.2, 0) is 4.79 Å². The molecule has 26 heavy (non-hydrogen) atoms. The van der Waals surface area contributed by atoms with E-state index in [1.807, 2.05) is 31.2 Å². The maximum Gasteiger partial charge on any atom is 0.270 e. The Morgan fingerprint density at radius 2 is 2.00 bits per heavy atom. The van der Waals surface area contributed by atoms with Gasteiger partial charge in [-0.2, -0.15) is 5.10 Å². The first-order chi connectivity index (χ1) is 12.5. The van der Waals surface area contributed by atoms with Gasteiger partial charge < -0.3 is 5.32 Å². The van der Waals surface area contributed by atoms with E-state index in [2.05, 4.69) is 15.8 Å². The first-order valence-corrected chi connectivity index (χ1v) is 8.01. The quantitative estimate of drug-likeness (QED) is 0.453. The van der Waals surface area contributed by atoms with Gasteiger partial charge in [-0.25, -0.2) is 5.43 Å². The first-order valence-electron chi connectivity index (χ1n) is 8.01. The molecule has 0 fully saturated rings. The van der Waals surface area contributed by atoms with E-state index < -0.39 is 4.92 Å². The van der Waals surface area contributed by atoms with Crippen LogP contribution < -0.4 is 10.7 Å². The number of hydrogen-bond acceptors (Lipinski definition) is 5. The number of anilines is 1. The van der Waals surface area contributed by atoms with Gasteiger partial charge in [-0.05, 0) is 37.1 Å². The SMILES string of the molecule is CC(/C=C/c1cccc([N+](=O)[O-])c1)=N\NC(=O)CNc1ccccc1C. The van der Waals surface area contributed by atoms with Gasteiger partial charge in [0.25, 0.3) is 11.6 Å². The number of nitro benzene ring substituents is 1. The van der Waals surface area contributed by atoms with Crippen molar-refractivity contribution in [1.82, 2.24) is 5.43 Å². The van der Waals surface area contributed by atoms with E-state index in [-0.39, 0.29) is 18.1 Å². The van der Waals surface area contributed by atoms with Gasteiger partial charge in [0.1, 0.15) is 0 Å². The number of nitro groups is 1. The highest BCUT2D eigenvalue weighted by molar-refractivity contribution is 5.97. The number of non-ortho nitro benzene ring substituents is 1. The molecule has 2 aromatic carbocycles. The fourth-order valence-electron chi connectivity index (χ4n) is 2.13. The molecule has 0 atom stereocenters. The smallest absolute Gasteiger partial charge is 0.270 e. The van der Waals surface area contributed by atoms with Gasteiger partial charge in [-0.3, -0.25) is 14.9 Å². The summed E-state index contributed by atoms with van der Waals surface area (Å²) in [5, 5.41) is 17.8.